The molecule has 0 N–H and O–H groups in total. The van der Waals surface area contributed by atoms with Crippen molar-refractivity contribution in [3.05, 3.63) is 88.7 Å². The largest absolute Gasteiger partial charge is 0.490 e. The van der Waals surface area contributed by atoms with E-state index in [2.05, 4.69) is 42.7 Å². The van der Waals surface area contributed by atoms with Crippen LogP contribution in [0, 0.1) is 13.8 Å². The third-order valence-electron chi connectivity index (χ3n) is 6.24. The molecule has 1 aromatic heterocycles. The zero-order valence-corrected chi connectivity index (χ0v) is 19.5. The highest BCUT2D eigenvalue weighted by Gasteiger charge is 2.35. The predicted molar refractivity (Wildman–Crippen MR) is 132 cm³/mol. The summed E-state index contributed by atoms with van der Waals surface area (Å²) in [6.45, 7) is 5.81. The predicted octanol–water partition coefficient (Wildman–Crippen LogP) is 5.91. The molecule has 0 saturated carbocycles. The van der Waals surface area contributed by atoms with Crippen LogP contribution in [0.25, 0.3) is 11.0 Å². The van der Waals surface area contributed by atoms with Crippen LogP contribution < -0.4 is 9.64 Å². The van der Waals surface area contributed by atoms with Gasteiger partial charge >= 0.3 is 0 Å². The number of hydrogen-bond donors (Lipinski definition) is 0. The van der Waals surface area contributed by atoms with Crippen LogP contribution >= 0.6 is 11.6 Å². The van der Waals surface area contributed by atoms with Crippen LogP contribution in [0.3, 0.4) is 0 Å². The summed E-state index contributed by atoms with van der Waals surface area (Å²) in [7, 11) is 0. The van der Waals surface area contributed by atoms with E-state index in [0.29, 0.717) is 36.9 Å². The maximum atomic E-state index is 13.0. The second kappa shape index (κ2) is 8.91. The normalized spacial score (nSPS) is 16.0. The highest BCUT2D eigenvalue weighted by Crippen LogP contribution is 2.35. The molecular weight excluding hydrogens is 434 g/mol. The highest BCUT2D eigenvalue weighted by atomic mass is 35.5. The minimum atomic E-state index is 0.0186. The number of carbonyl (C=O) groups is 1. The summed E-state index contributed by atoms with van der Waals surface area (Å²) in [6.07, 6.45) is 0.447. The lowest BCUT2D eigenvalue weighted by atomic mass is 10.1. The second-order valence-corrected chi connectivity index (χ2v) is 8.99. The first-order chi connectivity index (χ1) is 16.0. The number of imidazole rings is 1. The van der Waals surface area contributed by atoms with Crippen molar-refractivity contribution in [1.82, 2.24) is 9.55 Å². The van der Waals surface area contributed by atoms with Crippen LogP contribution in [-0.2, 0) is 11.3 Å². The smallest absolute Gasteiger partial charge is 0.227 e. The van der Waals surface area contributed by atoms with Crippen LogP contribution in [0.2, 0.25) is 5.02 Å². The summed E-state index contributed by atoms with van der Waals surface area (Å²) in [5.74, 6) is 1.76. The van der Waals surface area contributed by atoms with Gasteiger partial charge in [0.2, 0.25) is 5.91 Å². The van der Waals surface area contributed by atoms with E-state index >= 15 is 0 Å². The first kappa shape index (κ1) is 21.5. The number of aryl methyl sites for hydroxylation is 2. The van der Waals surface area contributed by atoms with E-state index in [-0.39, 0.29) is 11.8 Å². The number of ether oxygens (including phenoxy) is 1. The molecule has 1 aliphatic heterocycles. The Kier molecular flexibility index (Phi) is 5.81. The van der Waals surface area contributed by atoms with Gasteiger partial charge in [0.15, 0.2) is 0 Å². The average molecular weight is 460 g/mol. The number of para-hydroxylation sites is 3. The molecule has 1 saturated heterocycles. The van der Waals surface area contributed by atoms with Gasteiger partial charge in [-0.15, -0.1) is 0 Å². The quantitative estimate of drug-likeness (QED) is 0.360. The van der Waals surface area contributed by atoms with Crippen molar-refractivity contribution in [2.24, 2.45) is 0 Å². The second-order valence-electron chi connectivity index (χ2n) is 8.58. The highest BCUT2D eigenvalue weighted by molar-refractivity contribution is 6.32. The molecule has 0 spiro atoms. The summed E-state index contributed by atoms with van der Waals surface area (Å²) in [5.41, 5.74) is 5.23. The van der Waals surface area contributed by atoms with Gasteiger partial charge in [0.05, 0.1) is 22.6 Å². The molecule has 4 aromatic rings. The van der Waals surface area contributed by atoms with Crippen molar-refractivity contribution in [3.63, 3.8) is 0 Å². The van der Waals surface area contributed by atoms with Gasteiger partial charge in [-0.05, 0) is 55.3 Å². The maximum Gasteiger partial charge on any atom is 0.227 e. The summed E-state index contributed by atoms with van der Waals surface area (Å²) >= 11 is 6.24. The first-order valence-corrected chi connectivity index (χ1v) is 11.6. The number of aromatic nitrogens is 2. The summed E-state index contributed by atoms with van der Waals surface area (Å²) in [5, 5.41) is 0.596. The molecule has 1 aliphatic rings. The molecule has 1 fully saturated rings. The standard InChI is InChI=1S/C27H26ClN3O2/c1-18-11-12-19(2)24(15-18)31-17-20(16-26(31)32)27-29-22-8-4-5-9-23(22)30(27)13-14-33-25-10-6-3-7-21(25)28/h3-12,15,20H,13-14,16-17H2,1-2H3. The molecule has 2 heterocycles. The monoisotopic (exact) mass is 459 g/mol. The van der Waals surface area contributed by atoms with Crippen molar-refractivity contribution in [3.8, 4) is 5.75 Å². The number of halogens is 1. The Bertz CT molecular complexity index is 1330. The van der Waals surface area contributed by atoms with E-state index in [1.54, 1.807) is 0 Å². The first-order valence-electron chi connectivity index (χ1n) is 11.2. The Balaban J connectivity index is 1.43. The Morgan fingerprint density at radius 1 is 1.06 bits per heavy atom. The zero-order valence-electron chi connectivity index (χ0n) is 18.8. The van der Waals surface area contributed by atoms with Gasteiger partial charge in [-0.25, -0.2) is 4.98 Å². The van der Waals surface area contributed by atoms with Crippen molar-refractivity contribution in [1.29, 1.82) is 0 Å². The molecule has 5 nitrogen and oxygen atoms in total. The molecule has 1 atom stereocenters. The third kappa shape index (κ3) is 4.21. The fourth-order valence-electron chi connectivity index (χ4n) is 4.57. The summed E-state index contributed by atoms with van der Waals surface area (Å²) < 4.78 is 8.15. The van der Waals surface area contributed by atoms with Crippen molar-refractivity contribution in [2.45, 2.75) is 32.7 Å². The van der Waals surface area contributed by atoms with Crippen LogP contribution in [0.1, 0.15) is 29.3 Å². The van der Waals surface area contributed by atoms with E-state index in [4.69, 9.17) is 21.3 Å². The molecule has 5 rings (SSSR count). The zero-order chi connectivity index (χ0) is 22.9. The number of benzene rings is 3. The summed E-state index contributed by atoms with van der Waals surface area (Å²) in [4.78, 5) is 19.9. The van der Waals surface area contributed by atoms with Gasteiger partial charge in [0.25, 0.3) is 0 Å². The Morgan fingerprint density at radius 3 is 2.70 bits per heavy atom. The van der Waals surface area contributed by atoms with E-state index < -0.39 is 0 Å². The number of carbonyl (C=O) groups excluding carboxylic acids is 1. The topological polar surface area (TPSA) is 47.4 Å². The molecule has 168 valence electrons. The van der Waals surface area contributed by atoms with E-state index in [1.165, 1.54) is 0 Å². The van der Waals surface area contributed by atoms with Crippen molar-refractivity contribution in [2.75, 3.05) is 18.1 Å². The Hall–Kier alpha value is -3.31. The lowest BCUT2D eigenvalue weighted by molar-refractivity contribution is -0.117. The van der Waals surface area contributed by atoms with Crippen molar-refractivity contribution >= 4 is 34.2 Å². The van der Waals surface area contributed by atoms with E-state index in [9.17, 15) is 4.79 Å². The molecule has 6 heteroatoms. The molecular formula is C27H26ClN3O2. The molecule has 3 aromatic carbocycles. The molecule has 1 unspecified atom stereocenters. The Morgan fingerprint density at radius 2 is 1.85 bits per heavy atom. The number of hydrogen-bond acceptors (Lipinski definition) is 3. The Labute approximate surface area is 198 Å². The van der Waals surface area contributed by atoms with Gasteiger partial charge < -0.3 is 14.2 Å². The van der Waals surface area contributed by atoms with Crippen LogP contribution in [0.15, 0.2) is 66.7 Å². The third-order valence-corrected chi connectivity index (χ3v) is 6.55. The average Bonchev–Trinajstić information content (AvgIpc) is 3.37. The lowest BCUT2D eigenvalue weighted by Gasteiger charge is -2.20. The summed E-state index contributed by atoms with van der Waals surface area (Å²) in [6, 6.07) is 21.8. The molecule has 0 aliphatic carbocycles. The van der Waals surface area contributed by atoms with Gasteiger partial charge in [-0.3, -0.25) is 4.79 Å². The van der Waals surface area contributed by atoms with Gasteiger partial charge in [0.1, 0.15) is 18.2 Å². The van der Waals surface area contributed by atoms with E-state index in [0.717, 1.165) is 33.7 Å². The number of fused-ring (bicyclic) bond motifs is 1. The molecule has 1 amide bonds. The fourth-order valence-corrected chi connectivity index (χ4v) is 4.76. The van der Waals surface area contributed by atoms with Gasteiger partial charge in [-0.2, -0.15) is 0 Å². The number of nitrogens with zero attached hydrogens (tertiary/aromatic N) is 3. The number of anilines is 1. The molecule has 0 radical (unpaired) electrons. The van der Waals surface area contributed by atoms with Crippen LogP contribution in [-0.4, -0.2) is 28.6 Å². The van der Waals surface area contributed by atoms with Gasteiger partial charge in [-0.1, -0.05) is 48.0 Å². The molecule has 33 heavy (non-hydrogen) atoms. The minimum absolute atomic E-state index is 0.0186. The molecule has 0 bridgehead atoms. The number of rotatable bonds is 6. The maximum absolute atomic E-state index is 13.0. The van der Waals surface area contributed by atoms with E-state index in [1.807, 2.05) is 47.4 Å². The van der Waals surface area contributed by atoms with Crippen LogP contribution in [0.4, 0.5) is 5.69 Å². The van der Waals surface area contributed by atoms with Crippen molar-refractivity contribution < 1.29 is 9.53 Å². The SMILES string of the molecule is Cc1ccc(C)c(N2CC(c3nc4ccccc4n3CCOc3ccccc3Cl)CC2=O)c1. The minimum Gasteiger partial charge on any atom is -0.490 e. The lowest BCUT2D eigenvalue weighted by Crippen LogP contribution is -2.25. The number of amides is 1. The van der Waals surface area contributed by atoms with Gasteiger partial charge in [0, 0.05) is 24.6 Å². The fraction of sp³-hybridized carbons (Fsp3) is 0.259. The van der Waals surface area contributed by atoms with Crippen LogP contribution in [0.5, 0.6) is 5.75 Å².